The molecule has 0 aliphatic carbocycles. The first-order valence-corrected chi connectivity index (χ1v) is 6.50. The first kappa shape index (κ1) is 12.4. The van der Waals surface area contributed by atoms with Crippen LogP contribution < -0.4 is 5.32 Å². The highest BCUT2D eigenvalue weighted by molar-refractivity contribution is 6.00. The van der Waals surface area contributed by atoms with Gasteiger partial charge in [-0.05, 0) is 17.7 Å². The Morgan fingerprint density at radius 2 is 1.95 bits per heavy atom. The third kappa shape index (κ3) is 2.40. The van der Waals surface area contributed by atoms with E-state index in [1.54, 1.807) is 6.20 Å². The van der Waals surface area contributed by atoms with Crippen molar-refractivity contribution in [3.63, 3.8) is 0 Å². The largest absolute Gasteiger partial charge is 0.326 e. The van der Waals surface area contributed by atoms with Gasteiger partial charge in [0.1, 0.15) is 0 Å². The molecule has 20 heavy (non-hydrogen) atoms. The molecule has 0 bridgehead atoms. The molecule has 0 saturated heterocycles. The summed E-state index contributed by atoms with van der Waals surface area (Å²) in [5.74, 6) is -0.0756. The minimum absolute atomic E-state index is 0.0756. The molecule has 0 aliphatic heterocycles. The van der Waals surface area contributed by atoms with Crippen LogP contribution in [0.3, 0.4) is 0 Å². The molecule has 3 rings (SSSR count). The van der Waals surface area contributed by atoms with Gasteiger partial charge in [0, 0.05) is 12.3 Å². The Bertz CT molecular complexity index is 747. The fourth-order valence-electron chi connectivity index (χ4n) is 2.28. The zero-order chi connectivity index (χ0) is 13.9. The van der Waals surface area contributed by atoms with Crippen LogP contribution in [0.1, 0.15) is 12.5 Å². The number of hydrogen-bond donors (Lipinski definition) is 1. The third-order valence-electron chi connectivity index (χ3n) is 3.17. The number of anilines is 1. The Morgan fingerprint density at radius 1 is 1.15 bits per heavy atom. The minimum Gasteiger partial charge on any atom is -0.326 e. The zero-order valence-corrected chi connectivity index (χ0v) is 11.2. The number of nitrogens with one attached hydrogen (secondary N) is 1. The molecule has 0 fully saturated rings. The number of hydrogen-bond acceptors (Lipinski definition) is 2. The molecule has 0 atom stereocenters. The van der Waals surface area contributed by atoms with E-state index in [9.17, 15) is 4.79 Å². The van der Waals surface area contributed by atoms with E-state index >= 15 is 0 Å². The molecule has 4 heteroatoms. The van der Waals surface area contributed by atoms with Crippen molar-refractivity contribution in [2.75, 3.05) is 5.32 Å². The summed E-state index contributed by atoms with van der Waals surface area (Å²) in [6, 6.07) is 16.0. The number of fused-ring (bicyclic) bond motifs is 1. The number of carbonyl (C=O) groups is 1. The quantitative estimate of drug-likeness (QED) is 0.791. The van der Waals surface area contributed by atoms with Crippen LogP contribution in [0.2, 0.25) is 0 Å². The van der Waals surface area contributed by atoms with Crippen molar-refractivity contribution in [3.05, 3.63) is 60.3 Å². The Kier molecular flexibility index (Phi) is 3.21. The average molecular weight is 265 g/mol. The molecule has 1 heterocycles. The minimum atomic E-state index is -0.0756. The lowest BCUT2D eigenvalue weighted by Gasteiger charge is -2.06. The summed E-state index contributed by atoms with van der Waals surface area (Å²) < 4.78 is 1.94. The van der Waals surface area contributed by atoms with Gasteiger partial charge in [0.05, 0.1) is 23.9 Å². The standard InChI is InChI=1S/C16H15N3O/c1-12(20)18-15-8-5-9-16-14(15)10-17-19(16)11-13-6-3-2-4-7-13/h2-10H,11H2,1H3,(H,18,20). The van der Waals surface area contributed by atoms with E-state index in [0.717, 1.165) is 16.6 Å². The molecule has 2 aromatic carbocycles. The molecular weight excluding hydrogens is 250 g/mol. The van der Waals surface area contributed by atoms with Crippen LogP contribution in [0.5, 0.6) is 0 Å². The molecule has 4 nitrogen and oxygen atoms in total. The lowest BCUT2D eigenvalue weighted by molar-refractivity contribution is -0.114. The lowest BCUT2D eigenvalue weighted by Crippen LogP contribution is -2.06. The van der Waals surface area contributed by atoms with Crippen LogP contribution in [0.15, 0.2) is 54.7 Å². The Labute approximate surface area is 117 Å². The van der Waals surface area contributed by atoms with Gasteiger partial charge >= 0.3 is 0 Å². The van der Waals surface area contributed by atoms with Crippen molar-refractivity contribution in [3.8, 4) is 0 Å². The normalized spacial score (nSPS) is 10.7. The lowest BCUT2D eigenvalue weighted by atomic mass is 10.2. The van der Waals surface area contributed by atoms with E-state index in [-0.39, 0.29) is 5.91 Å². The molecular formula is C16H15N3O. The van der Waals surface area contributed by atoms with Crippen LogP contribution in [-0.4, -0.2) is 15.7 Å². The van der Waals surface area contributed by atoms with Gasteiger partial charge < -0.3 is 5.32 Å². The van der Waals surface area contributed by atoms with Crippen molar-refractivity contribution >= 4 is 22.5 Å². The Hall–Kier alpha value is -2.62. The van der Waals surface area contributed by atoms with E-state index < -0.39 is 0 Å². The predicted octanol–water partition coefficient (Wildman–Crippen LogP) is 3.04. The predicted molar refractivity (Wildman–Crippen MR) is 79.6 cm³/mol. The highest BCUT2D eigenvalue weighted by Gasteiger charge is 2.08. The topological polar surface area (TPSA) is 46.9 Å². The number of carbonyl (C=O) groups excluding carboxylic acids is 1. The second kappa shape index (κ2) is 5.17. The zero-order valence-electron chi connectivity index (χ0n) is 11.2. The van der Waals surface area contributed by atoms with Gasteiger partial charge in [0.2, 0.25) is 5.91 Å². The van der Waals surface area contributed by atoms with Crippen molar-refractivity contribution in [1.82, 2.24) is 9.78 Å². The number of benzene rings is 2. The van der Waals surface area contributed by atoms with Crippen molar-refractivity contribution in [2.45, 2.75) is 13.5 Å². The summed E-state index contributed by atoms with van der Waals surface area (Å²) in [6.45, 7) is 2.22. The van der Waals surface area contributed by atoms with Crippen LogP contribution in [0.4, 0.5) is 5.69 Å². The highest BCUT2D eigenvalue weighted by Crippen LogP contribution is 2.23. The molecule has 0 aliphatic rings. The van der Waals surface area contributed by atoms with Gasteiger partial charge in [-0.15, -0.1) is 0 Å². The van der Waals surface area contributed by atoms with E-state index in [1.807, 2.05) is 41.1 Å². The first-order chi connectivity index (χ1) is 9.74. The second-order valence-corrected chi connectivity index (χ2v) is 4.71. The molecule has 0 radical (unpaired) electrons. The van der Waals surface area contributed by atoms with Gasteiger partial charge in [-0.3, -0.25) is 9.48 Å². The number of nitrogens with zero attached hydrogens (tertiary/aromatic N) is 2. The second-order valence-electron chi connectivity index (χ2n) is 4.71. The van der Waals surface area contributed by atoms with Gasteiger partial charge in [0.15, 0.2) is 0 Å². The van der Waals surface area contributed by atoms with Gasteiger partial charge in [-0.25, -0.2) is 0 Å². The fraction of sp³-hybridized carbons (Fsp3) is 0.125. The van der Waals surface area contributed by atoms with Gasteiger partial charge in [0.25, 0.3) is 0 Å². The summed E-state index contributed by atoms with van der Waals surface area (Å²) in [7, 11) is 0. The van der Waals surface area contributed by atoms with Crippen molar-refractivity contribution in [1.29, 1.82) is 0 Å². The SMILES string of the molecule is CC(=O)Nc1cccc2c1cnn2Cc1ccccc1. The van der Waals surface area contributed by atoms with Crippen molar-refractivity contribution in [2.24, 2.45) is 0 Å². The molecule has 3 aromatic rings. The molecule has 100 valence electrons. The van der Waals surface area contributed by atoms with E-state index in [1.165, 1.54) is 12.5 Å². The summed E-state index contributed by atoms with van der Waals surface area (Å²) in [4.78, 5) is 11.2. The van der Waals surface area contributed by atoms with Crippen molar-refractivity contribution < 1.29 is 4.79 Å². The van der Waals surface area contributed by atoms with Gasteiger partial charge in [-0.2, -0.15) is 5.10 Å². The maximum absolute atomic E-state index is 11.2. The monoisotopic (exact) mass is 265 g/mol. The number of aromatic nitrogens is 2. The number of rotatable bonds is 3. The molecule has 1 N–H and O–H groups in total. The van der Waals surface area contributed by atoms with Crippen LogP contribution in [0, 0.1) is 0 Å². The summed E-state index contributed by atoms with van der Waals surface area (Å²) >= 11 is 0. The number of amides is 1. The molecule has 0 spiro atoms. The van der Waals surface area contributed by atoms with Crippen LogP contribution in [0.25, 0.3) is 10.9 Å². The van der Waals surface area contributed by atoms with Crippen LogP contribution in [-0.2, 0) is 11.3 Å². The average Bonchev–Trinajstić information content (AvgIpc) is 2.84. The highest BCUT2D eigenvalue weighted by atomic mass is 16.1. The van der Waals surface area contributed by atoms with Crippen LogP contribution >= 0.6 is 0 Å². The molecule has 0 unspecified atom stereocenters. The third-order valence-corrected chi connectivity index (χ3v) is 3.17. The van der Waals surface area contributed by atoms with E-state index in [0.29, 0.717) is 6.54 Å². The summed E-state index contributed by atoms with van der Waals surface area (Å²) in [5.41, 5.74) is 3.01. The summed E-state index contributed by atoms with van der Waals surface area (Å²) in [6.07, 6.45) is 1.80. The van der Waals surface area contributed by atoms with Gasteiger partial charge in [-0.1, -0.05) is 36.4 Å². The first-order valence-electron chi connectivity index (χ1n) is 6.50. The van der Waals surface area contributed by atoms with E-state index in [4.69, 9.17) is 0 Å². The molecule has 0 saturated carbocycles. The Balaban J connectivity index is 1.99. The molecule has 1 amide bonds. The van der Waals surface area contributed by atoms with E-state index in [2.05, 4.69) is 22.5 Å². The fourth-order valence-corrected chi connectivity index (χ4v) is 2.28. The maximum atomic E-state index is 11.2. The summed E-state index contributed by atoms with van der Waals surface area (Å²) in [5, 5.41) is 8.21. The Morgan fingerprint density at radius 3 is 2.70 bits per heavy atom. The maximum Gasteiger partial charge on any atom is 0.221 e. The smallest absolute Gasteiger partial charge is 0.221 e. The molecule has 1 aromatic heterocycles.